The Bertz CT molecular complexity index is 1700. The van der Waals surface area contributed by atoms with Crippen LogP contribution in [0.5, 0.6) is 11.5 Å². The van der Waals surface area contributed by atoms with E-state index >= 15 is 0 Å². The van der Waals surface area contributed by atoms with Gasteiger partial charge < -0.3 is 9.47 Å². The molecule has 0 amide bonds. The van der Waals surface area contributed by atoms with Crippen molar-refractivity contribution < 1.29 is 9.47 Å². The van der Waals surface area contributed by atoms with Gasteiger partial charge in [0.25, 0.3) is 0 Å². The highest BCUT2D eigenvalue weighted by Crippen LogP contribution is 2.41. The fraction of sp³-hybridized carbons (Fsp3) is 0.129. The third-order valence-corrected chi connectivity index (χ3v) is 7.21. The summed E-state index contributed by atoms with van der Waals surface area (Å²) in [5.41, 5.74) is 6.94. The van der Waals surface area contributed by atoms with E-state index in [1.54, 1.807) is 0 Å². The van der Waals surface area contributed by atoms with Gasteiger partial charge in [-0.15, -0.1) is 0 Å². The first-order valence-electron chi connectivity index (χ1n) is 12.5. The van der Waals surface area contributed by atoms with Crippen molar-refractivity contribution in [1.29, 1.82) is 0 Å². The second-order valence-corrected chi connectivity index (χ2v) is 9.93. The molecule has 1 aromatic heterocycles. The van der Waals surface area contributed by atoms with Gasteiger partial charge in [-0.3, -0.25) is 0 Å². The smallest absolute Gasteiger partial charge is 0.247 e. The van der Waals surface area contributed by atoms with Crippen LogP contribution in [0.3, 0.4) is 0 Å². The van der Waals surface area contributed by atoms with E-state index in [0.29, 0.717) is 17.4 Å². The predicted molar refractivity (Wildman–Crippen MR) is 150 cm³/mol. The van der Waals surface area contributed by atoms with Gasteiger partial charge in [0.2, 0.25) is 12.7 Å². The number of nitrogens with zero attached hydrogens (tertiary/aromatic N) is 4. The molecule has 186 valence electrons. The maximum Gasteiger partial charge on any atom is 0.247 e. The highest BCUT2D eigenvalue weighted by molar-refractivity contribution is 6.31. The van der Waals surface area contributed by atoms with Crippen molar-refractivity contribution >= 4 is 34.2 Å². The minimum atomic E-state index is -0.117. The molecule has 0 N–H and O–H groups in total. The van der Waals surface area contributed by atoms with Crippen LogP contribution in [-0.2, 0) is 0 Å². The lowest BCUT2D eigenvalue weighted by atomic mass is 9.97. The molecule has 7 rings (SSSR count). The standard InChI is InChI=1S/C31H23ClN4O2/c1-19-7-9-20(10-8-19)26-17-27(22-11-14-28-29(15-22)38-18-37-28)36(35-26)31-33-25-13-12-23(32)16-24(25)30(34-31)21-5-3-2-4-6-21/h2-16,27H,17-18H2,1H3. The van der Waals surface area contributed by atoms with Gasteiger partial charge in [-0.25, -0.2) is 15.0 Å². The van der Waals surface area contributed by atoms with Crippen molar-refractivity contribution in [2.45, 2.75) is 19.4 Å². The summed E-state index contributed by atoms with van der Waals surface area (Å²) in [5, 5.41) is 8.57. The van der Waals surface area contributed by atoms with Crippen molar-refractivity contribution in [2.75, 3.05) is 11.8 Å². The number of hydrazone groups is 1. The van der Waals surface area contributed by atoms with E-state index in [-0.39, 0.29) is 12.8 Å². The maximum absolute atomic E-state index is 6.38. The zero-order chi connectivity index (χ0) is 25.6. The lowest BCUT2D eigenvalue weighted by molar-refractivity contribution is 0.174. The molecule has 1 atom stereocenters. The average Bonchev–Trinajstić information content (AvgIpc) is 3.61. The summed E-state index contributed by atoms with van der Waals surface area (Å²) in [4.78, 5) is 10.0. The molecular formula is C31H23ClN4O2. The van der Waals surface area contributed by atoms with Crippen LogP contribution in [0.1, 0.15) is 29.2 Å². The third kappa shape index (κ3) is 4.03. The summed E-state index contributed by atoms with van der Waals surface area (Å²) in [7, 11) is 0. The van der Waals surface area contributed by atoms with Crippen molar-refractivity contribution in [2.24, 2.45) is 5.10 Å². The number of benzene rings is 4. The van der Waals surface area contributed by atoms with Gasteiger partial charge in [0, 0.05) is 22.4 Å². The third-order valence-electron chi connectivity index (χ3n) is 6.97. The van der Waals surface area contributed by atoms with Crippen LogP contribution in [0, 0.1) is 6.92 Å². The second kappa shape index (κ2) is 9.15. The number of aryl methyl sites for hydroxylation is 1. The lowest BCUT2D eigenvalue weighted by Crippen LogP contribution is -2.21. The zero-order valence-electron chi connectivity index (χ0n) is 20.6. The molecule has 0 aliphatic carbocycles. The van der Waals surface area contributed by atoms with Gasteiger partial charge in [0.15, 0.2) is 11.5 Å². The second-order valence-electron chi connectivity index (χ2n) is 9.49. The maximum atomic E-state index is 6.38. The Balaban J connectivity index is 1.40. The summed E-state index contributed by atoms with van der Waals surface area (Å²) >= 11 is 6.38. The van der Waals surface area contributed by atoms with Crippen molar-refractivity contribution in [3.05, 3.63) is 113 Å². The molecule has 1 unspecified atom stereocenters. The van der Waals surface area contributed by atoms with E-state index < -0.39 is 0 Å². The molecule has 4 aromatic carbocycles. The molecule has 0 fully saturated rings. The average molecular weight is 519 g/mol. The predicted octanol–water partition coefficient (Wildman–Crippen LogP) is 7.34. The van der Waals surface area contributed by atoms with E-state index in [4.69, 9.17) is 36.1 Å². The van der Waals surface area contributed by atoms with Crippen LogP contribution in [0.4, 0.5) is 5.95 Å². The minimum absolute atomic E-state index is 0.117. The van der Waals surface area contributed by atoms with Crippen molar-refractivity contribution in [3.8, 4) is 22.8 Å². The quantitative estimate of drug-likeness (QED) is 0.249. The molecule has 2 aliphatic heterocycles. The largest absolute Gasteiger partial charge is 0.454 e. The summed E-state index contributed by atoms with van der Waals surface area (Å²) < 4.78 is 11.2. The number of hydrogen-bond donors (Lipinski definition) is 0. The Labute approximate surface area is 225 Å². The van der Waals surface area contributed by atoms with E-state index in [1.165, 1.54) is 5.56 Å². The molecule has 3 heterocycles. The Hall–Kier alpha value is -4.42. The fourth-order valence-corrected chi connectivity index (χ4v) is 5.17. The summed E-state index contributed by atoms with van der Waals surface area (Å²) in [6.07, 6.45) is 0.700. The summed E-state index contributed by atoms with van der Waals surface area (Å²) in [6.45, 7) is 2.32. The number of halogens is 1. The van der Waals surface area contributed by atoms with Gasteiger partial charge in [-0.1, -0.05) is 77.8 Å². The Morgan fingerprint density at radius 2 is 1.63 bits per heavy atom. The SMILES string of the molecule is Cc1ccc(C2=NN(c3nc(-c4ccccc4)c4cc(Cl)ccc4n3)C(c3ccc4c(c3)OCO4)C2)cc1. The topological polar surface area (TPSA) is 59.8 Å². The molecular weight excluding hydrogens is 496 g/mol. The van der Waals surface area contributed by atoms with E-state index in [2.05, 4.69) is 37.3 Å². The summed E-state index contributed by atoms with van der Waals surface area (Å²) in [6, 6.07) is 30.2. The van der Waals surface area contributed by atoms with Gasteiger partial charge >= 0.3 is 0 Å². The molecule has 5 aromatic rings. The van der Waals surface area contributed by atoms with E-state index in [0.717, 1.165) is 50.5 Å². The highest BCUT2D eigenvalue weighted by Gasteiger charge is 2.33. The molecule has 0 saturated carbocycles. The lowest BCUT2D eigenvalue weighted by Gasteiger charge is -2.23. The van der Waals surface area contributed by atoms with Gasteiger partial charge in [-0.2, -0.15) is 5.10 Å². The molecule has 38 heavy (non-hydrogen) atoms. The number of fused-ring (bicyclic) bond motifs is 2. The highest BCUT2D eigenvalue weighted by atomic mass is 35.5. The van der Waals surface area contributed by atoms with Gasteiger partial charge in [0.1, 0.15) is 0 Å². The number of aromatic nitrogens is 2. The molecule has 0 bridgehead atoms. The number of anilines is 1. The molecule has 7 heteroatoms. The molecule has 6 nitrogen and oxygen atoms in total. The monoisotopic (exact) mass is 518 g/mol. The fourth-order valence-electron chi connectivity index (χ4n) is 5.00. The molecule has 0 saturated heterocycles. The zero-order valence-corrected chi connectivity index (χ0v) is 21.4. The van der Waals surface area contributed by atoms with Crippen molar-refractivity contribution in [1.82, 2.24) is 9.97 Å². The Kier molecular flexibility index (Phi) is 5.48. The number of hydrogen-bond acceptors (Lipinski definition) is 6. The van der Waals surface area contributed by atoms with Crippen LogP contribution < -0.4 is 14.5 Å². The van der Waals surface area contributed by atoms with Crippen LogP contribution in [0.15, 0.2) is 96.1 Å². The van der Waals surface area contributed by atoms with Crippen LogP contribution >= 0.6 is 11.6 Å². The molecule has 0 spiro atoms. The first-order chi connectivity index (χ1) is 18.6. The van der Waals surface area contributed by atoms with E-state index in [1.807, 2.05) is 65.7 Å². The Morgan fingerprint density at radius 1 is 0.816 bits per heavy atom. The minimum Gasteiger partial charge on any atom is -0.454 e. The van der Waals surface area contributed by atoms with Crippen LogP contribution in [0.25, 0.3) is 22.2 Å². The van der Waals surface area contributed by atoms with Gasteiger partial charge in [0.05, 0.1) is 23.0 Å². The first-order valence-corrected chi connectivity index (χ1v) is 12.9. The van der Waals surface area contributed by atoms with Crippen LogP contribution in [0.2, 0.25) is 5.02 Å². The Morgan fingerprint density at radius 3 is 2.47 bits per heavy atom. The van der Waals surface area contributed by atoms with Crippen LogP contribution in [-0.4, -0.2) is 22.5 Å². The number of rotatable bonds is 4. The normalized spacial score (nSPS) is 16.2. The molecule has 0 radical (unpaired) electrons. The first kappa shape index (κ1) is 22.8. The number of ether oxygens (including phenoxy) is 2. The molecule has 2 aliphatic rings. The summed E-state index contributed by atoms with van der Waals surface area (Å²) in [5.74, 6) is 2.02. The van der Waals surface area contributed by atoms with Crippen molar-refractivity contribution in [3.63, 3.8) is 0 Å². The van der Waals surface area contributed by atoms with Gasteiger partial charge in [-0.05, 0) is 48.4 Å². The van der Waals surface area contributed by atoms with E-state index in [9.17, 15) is 0 Å².